The van der Waals surface area contributed by atoms with Crippen LogP contribution in [0.4, 0.5) is 14.9 Å². The van der Waals surface area contributed by atoms with Crippen molar-refractivity contribution >= 4 is 29.4 Å². The smallest absolute Gasteiger partial charge is 0.409 e. The molecule has 6 nitrogen and oxygen atoms in total. The van der Waals surface area contributed by atoms with Crippen LogP contribution in [-0.2, 0) is 4.74 Å². The van der Waals surface area contributed by atoms with Gasteiger partial charge in [-0.1, -0.05) is 6.07 Å². The normalized spacial score (nSPS) is 18.3. The second-order valence-electron chi connectivity index (χ2n) is 6.26. The summed E-state index contributed by atoms with van der Waals surface area (Å²) >= 11 is 1.73. The molecular formula is C17H23FN4O2S. The van der Waals surface area contributed by atoms with E-state index in [9.17, 15) is 9.18 Å². The number of benzene rings is 1. The molecule has 0 unspecified atom stereocenters. The summed E-state index contributed by atoms with van der Waals surface area (Å²) in [5.74, 6) is 0.803. The summed E-state index contributed by atoms with van der Waals surface area (Å²) in [6, 6.07) is 4.82. The largest absolute Gasteiger partial charge is 0.449 e. The highest BCUT2D eigenvalue weighted by Crippen LogP contribution is 2.35. The van der Waals surface area contributed by atoms with Crippen molar-refractivity contribution in [3.05, 3.63) is 29.6 Å². The first kappa shape index (κ1) is 17.8. The number of anilines is 1. The van der Waals surface area contributed by atoms with Gasteiger partial charge in [0, 0.05) is 31.6 Å². The van der Waals surface area contributed by atoms with Crippen molar-refractivity contribution in [2.45, 2.75) is 24.9 Å². The number of carbonyl (C=O) groups is 1. The summed E-state index contributed by atoms with van der Waals surface area (Å²) in [6.45, 7) is 1.49. The van der Waals surface area contributed by atoms with E-state index in [0.717, 1.165) is 12.2 Å². The molecule has 0 aromatic heterocycles. The van der Waals surface area contributed by atoms with E-state index in [1.165, 1.54) is 6.07 Å². The van der Waals surface area contributed by atoms with Crippen LogP contribution < -0.4 is 11.1 Å². The molecule has 0 atom stereocenters. The third-order valence-corrected chi connectivity index (χ3v) is 5.24. The predicted molar refractivity (Wildman–Crippen MR) is 98.6 cm³/mol. The molecule has 25 heavy (non-hydrogen) atoms. The van der Waals surface area contributed by atoms with Gasteiger partial charge in [0.25, 0.3) is 0 Å². The summed E-state index contributed by atoms with van der Waals surface area (Å²) in [4.78, 5) is 18.3. The van der Waals surface area contributed by atoms with E-state index in [1.54, 1.807) is 28.8 Å². The molecule has 2 heterocycles. The highest BCUT2D eigenvalue weighted by molar-refractivity contribution is 7.98. The zero-order valence-corrected chi connectivity index (χ0v) is 15.1. The molecule has 1 fully saturated rings. The topological polar surface area (TPSA) is 80.0 Å². The van der Waals surface area contributed by atoms with Gasteiger partial charge >= 0.3 is 6.09 Å². The Morgan fingerprint density at radius 1 is 1.48 bits per heavy atom. The van der Waals surface area contributed by atoms with Gasteiger partial charge in [-0.25, -0.2) is 14.2 Å². The molecule has 0 radical (unpaired) electrons. The third-order valence-electron chi connectivity index (χ3n) is 4.54. The zero-order chi connectivity index (χ0) is 17.9. The third kappa shape index (κ3) is 3.84. The summed E-state index contributed by atoms with van der Waals surface area (Å²) in [6.07, 6.45) is 3.80. The van der Waals surface area contributed by atoms with Crippen LogP contribution in [0.15, 0.2) is 23.2 Å². The Morgan fingerprint density at radius 2 is 2.24 bits per heavy atom. The Bertz CT molecular complexity index is 675. The Balaban J connectivity index is 1.61. The fourth-order valence-electron chi connectivity index (χ4n) is 3.20. The monoisotopic (exact) mass is 366 g/mol. The van der Waals surface area contributed by atoms with Gasteiger partial charge in [0.15, 0.2) is 0 Å². The molecule has 0 saturated carbocycles. The van der Waals surface area contributed by atoms with E-state index >= 15 is 0 Å². The van der Waals surface area contributed by atoms with Crippen LogP contribution >= 0.6 is 11.8 Å². The standard InChI is InChI=1S/C17H23FN4O2S/c1-25-11-3-10-24-16(23)22-8-6-17(7-9-22)20-13-5-2-4-12(18)14(13)15(19)21-17/h2,4-5,20H,3,6-11H2,1H3,(H2,19,21). The molecule has 3 N–H and O–H groups in total. The number of amidine groups is 1. The molecule has 3 rings (SSSR count). The molecule has 8 heteroatoms. The van der Waals surface area contributed by atoms with Crippen LogP contribution in [0.1, 0.15) is 24.8 Å². The van der Waals surface area contributed by atoms with E-state index in [2.05, 4.69) is 10.3 Å². The van der Waals surface area contributed by atoms with Gasteiger partial charge in [0.05, 0.1) is 12.2 Å². The van der Waals surface area contributed by atoms with E-state index in [-0.39, 0.29) is 17.7 Å². The first-order valence-electron chi connectivity index (χ1n) is 8.38. The van der Waals surface area contributed by atoms with Crippen LogP contribution in [0.3, 0.4) is 0 Å². The number of likely N-dealkylation sites (tertiary alicyclic amines) is 1. The lowest BCUT2D eigenvalue weighted by Gasteiger charge is -2.42. The minimum absolute atomic E-state index is 0.208. The number of thioether (sulfide) groups is 1. The fraction of sp³-hybridized carbons (Fsp3) is 0.529. The Kier molecular flexibility index (Phi) is 5.36. The highest BCUT2D eigenvalue weighted by Gasteiger charge is 2.39. The number of carbonyl (C=O) groups excluding carboxylic acids is 1. The number of nitrogens with one attached hydrogen (secondary N) is 1. The predicted octanol–water partition coefficient (Wildman–Crippen LogP) is 2.64. The minimum Gasteiger partial charge on any atom is -0.449 e. The van der Waals surface area contributed by atoms with E-state index in [0.29, 0.717) is 43.8 Å². The number of hydrogen-bond donors (Lipinski definition) is 2. The van der Waals surface area contributed by atoms with Crippen LogP contribution in [0.2, 0.25) is 0 Å². The number of halogens is 1. The molecule has 1 amide bonds. The maximum atomic E-state index is 13.9. The maximum Gasteiger partial charge on any atom is 0.409 e. The van der Waals surface area contributed by atoms with Gasteiger partial charge in [0.2, 0.25) is 0 Å². The molecule has 1 aromatic rings. The fourth-order valence-corrected chi connectivity index (χ4v) is 3.61. The number of nitrogens with zero attached hydrogens (tertiary/aromatic N) is 2. The highest BCUT2D eigenvalue weighted by atomic mass is 32.2. The molecule has 1 aromatic carbocycles. The van der Waals surface area contributed by atoms with Gasteiger partial charge in [-0.05, 0) is 30.6 Å². The van der Waals surface area contributed by atoms with Crippen molar-refractivity contribution < 1.29 is 13.9 Å². The van der Waals surface area contributed by atoms with Gasteiger partial charge in [0.1, 0.15) is 17.3 Å². The van der Waals surface area contributed by atoms with Crippen molar-refractivity contribution in [1.82, 2.24) is 4.90 Å². The number of piperidine rings is 1. The average Bonchev–Trinajstić information content (AvgIpc) is 2.59. The van der Waals surface area contributed by atoms with Crippen molar-refractivity contribution in [3.63, 3.8) is 0 Å². The molecule has 2 aliphatic rings. The van der Waals surface area contributed by atoms with Crippen molar-refractivity contribution in [2.24, 2.45) is 10.7 Å². The van der Waals surface area contributed by atoms with Crippen LogP contribution in [0, 0.1) is 5.82 Å². The Morgan fingerprint density at radius 3 is 2.96 bits per heavy atom. The van der Waals surface area contributed by atoms with Crippen LogP contribution in [0.25, 0.3) is 0 Å². The number of ether oxygens (including phenoxy) is 1. The SMILES string of the molecule is CSCCCOC(=O)N1CCC2(CC1)N=C(N)c1c(F)cccc1N2. The molecule has 1 saturated heterocycles. The second-order valence-corrected chi connectivity index (χ2v) is 7.25. The number of aliphatic imine (C=N–C) groups is 1. The van der Waals surface area contributed by atoms with Crippen molar-refractivity contribution in [1.29, 1.82) is 0 Å². The molecule has 1 spiro atoms. The van der Waals surface area contributed by atoms with Crippen molar-refractivity contribution in [2.75, 3.05) is 37.0 Å². The number of nitrogens with two attached hydrogens (primary N) is 1. The summed E-state index contributed by atoms with van der Waals surface area (Å²) in [5.41, 5.74) is 6.40. The van der Waals surface area contributed by atoms with E-state index < -0.39 is 5.66 Å². The van der Waals surface area contributed by atoms with Gasteiger partial charge in [-0.15, -0.1) is 0 Å². The maximum absolute atomic E-state index is 13.9. The number of hydrogen-bond acceptors (Lipinski definition) is 6. The summed E-state index contributed by atoms with van der Waals surface area (Å²) in [7, 11) is 0. The van der Waals surface area contributed by atoms with Crippen LogP contribution in [-0.4, -0.2) is 54.2 Å². The van der Waals surface area contributed by atoms with Crippen molar-refractivity contribution in [3.8, 4) is 0 Å². The quantitative estimate of drug-likeness (QED) is 0.801. The minimum atomic E-state index is -0.583. The molecule has 0 aliphatic carbocycles. The lowest BCUT2D eigenvalue weighted by Crippen LogP contribution is -2.52. The number of amides is 1. The molecular weight excluding hydrogens is 343 g/mol. The zero-order valence-electron chi connectivity index (χ0n) is 14.3. The first-order valence-corrected chi connectivity index (χ1v) is 9.77. The lowest BCUT2D eigenvalue weighted by molar-refractivity contribution is 0.0868. The van der Waals surface area contributed by atoms with Gasteiger partial charge in [-0.3, -0.25) is 0 Å². The summed E-state index contributed by atoms with van der Waals surface area (Å²) in [5, 5.41) is 3.31. The first-order chi connectivity index (χ1) is 12.0. The summed E-state index contributed by atoms with van der Waals surface area (Å²) < 4.78 is 19.2. The Labute approximate surface area is 151 Å². The van der Waals surface area contributed by atoms with E-state index in [4.69, 9.17) is 10.5 Å². The van der Waals surface area contributed by atoms with Gasteiger partial charge in [-0.2, -0.15) is 11.8 Å². The van der Waals surface area contributed by atoms with Crippen LogP contribution in [0.5, 0.6) is 0 Å². The average molecular weight is 366 g/mol. The molecule has 0 bridgehead atoms. The Hall–Kier alpha value is -1.96. The second kappa shape index (κ2) is 7.51. The number of fused-ring (bicyclic) bond motifs is 1. The molecule has 136 valence electrons. The molecule has 2 aliphatic heterocycles. The van der Waals surface area contributed by atoms with Gasteiger partial charge < -0.3 is 20.7 Å². The van der Waals surface area contributed by atoms with E-state index in [1.807, 2.05) is 6.26 Å². The lowest BCUT2D eigenvalue weighted by atomic mass is 9.94. The number of rotatable bonds is 4.